The Hall–Kier alpha value is -1.39. The lowest BCUT2D eigenvalue weighted by atomic mass is 10.1. The fourth-order valence-corrected chi connectivity index (χ4v) is 3.55. The Labute approximate surface area is 152 Å². The van der Waals surface area contributed by atoms with Gasteiger partial charge in [0, 0.05) is 0 Å². The molecule has 0 bridgehead atoms. The molecule has 0 aliphatic rings. The molecule has 0 radical (unpaired) electrons. The van der Waals surface area contributed by atoms with E-state index in [9.17, 15) is 26.4 Å². The molecule has 0 unspecified atom stereocenters. The van der Waals surface area contributed by atoms with Crippen LogP contribution in [0.3, 0.4) is 0 Å². The Morgan fingerprint density at radius 1 is 1.00 bits per heavy atom. The summed E-state index contributed by atoms with van der Waals surface area (Å²) in [5.74, 6) is -4.50. The van der Waals surface area contributed by atoms with Crippen molar-refractivity contribution < 1.29 is 26.4 Å². The second kappa shape index (κ2) is 7.24. The molecule has 0 heterocycles. The van der Waals surface area contributed by atoms with Crippen LogP contribution in [0.4, 0.5) is 18.9 Å². The number of benzene rings is 2. The molecule has 0 fully saturated rings. The zero-order valence-electron chi connectivity index (χ0n) is 11.6. The van der Waals surface area contributed by atoms with E-state index in [1.54, 1.807) is 4.72 Å². The van der Waals surface area contributed by atoms with E-state index in [1.807, 2.05) is 0 Å². The van der Waals surface area contributed by atoms with Crippen molar-refractivity contribution in [2.24, 2.45) is 0 Å². The standard InChI is InChI=1S/C14H8Br2F3NO3S/c15-14(16)12(21)7-3-1-6-10(11(7)19)20-24(22,23)13-8(17)4-2-5-9(13)18/h1-6,14,20H. The Kier molecular flexibility index (Phi) is 5.71. The van der Waals surface area contributed by atoms with E-state index in [1.165, 1.54) is 6.07 Å². The highest BCUT2D eigenvalue weighted by atomic mass is 79.9. The molecular weight excluding hydrogens is 479 g/mol. The molecule has 0 aromatic heterocycles. The number of nitrogens with one attached hydrogen (secondary N) is 1. The number of carbonyl (C=O) groups excluding carboxylic acids is 1. The first-order valence-electron chi connectivity index (χ1n) is 6.23. The van der Waals surface area contributed by atoms with Gasteiger partial charge in [-0.05, 0) is 24.3 Å². The average molecular weight is 487 g/mol. The Morgan fingerprint density at radius 3 is 2.08 bits per heavy atom. The van der Waals surface area contributed by atoms with Gasteiger partial charge in [-0.15, -0.1) is 0 Å². The second-order valence-corrected chi connectivity index (χ2v) is 9.17. The second-order valence-electron chi connectivity index (χ2n) is 4.49. The quantitative estimate of drug-likeness (QED) is 0.508. The van der Waals surface area contributed by atoms with E-state index in [0.717, 1.165) is 30.3 Å². The van der Waals surface area contributed by atoms with Crippen LogP contribution in [0.2, 0.25) is 0 Å². The maximum atomic E-state index is 14.4. The van der Waals surface area contributed by atoms with Gasteiger partial charge in [-0.2, -0.15) is 0 Å². The molecule has 2 aromatic rings. The first-order chi connectivity index (χ1) is 11.1. The Balaban J connectivity index is 2.48. The molecule has 0 aliphatic heterocycles. The number of halogens is 5. The minimum Gasteiger partial charge on any atom is -0.292 e. The van der Waals surface area contributed by atoms with Crippen molar-refractivity contribution in [1.82, 2.24) is 0 Å². The number of rotatable bonds is 5. The van der Waals surface area contributed by atoms with E-state index in [-0.39, 0.29) is 0 Å². The van der Waals surface area contributed by atoms with Crippen molar-refractivity contribution in [2.45, 2.75) is 8.63 Å². The number of hydrogen-bond donors (Lipinski definition) is 1. The minimum absolute atomic E-state index is 0.400. The Morgan fingerprint density at radius 2 is 1.54 bits per heavy atom. The maximum Gasteiger partial charge on any atom is 0.267 e. The number of ketones is 1. The van der Waals surface area contributed by atoms with Crippen LogP contribution in [0.5, 0.6) is 0 Å². The topological polar surface area (TPSA) is 63.2 Å². The average Bonchev–Trinajstić information content (AvgIpc) is 2.48. The van der Waals surface area contributed by atoms with Gasteiger partial charge in [-0.3, -0.25) is 9.52 Å². The van der Waals surface area contributed by atoms with Crippen LogP contribution < -0.4 is 4.72 Å². The number of anilines is 1. The van der Waals surface area contributed by atoms with Crippen LogP contribution in [0.15, 0.2) is 41.3 Å². The first kappa shape index (κ1) is 18.9. The zero-order valence-corrected chi connectivity index (χ0v) is 15.6. The maximum absolute atomic E-state index is 14.4. The molecule has 0 saturated carbocycles. The molecule has 128 valence electrons. The normalized spacial score (nSPS) is 11.6. The molecule has 1 N–H and O–H groups in total. The summed E-state index contributed by atoms with van der Waals surface area (Å²) in [7, 11) is -4.73. The summed E-state index contributed by atoms with van der Waals surface area (Å²) in [6, 6.07) is 5.92. The van der Waals surface area contributed by atoms with Crippen molar-refractivity contribution in [2.75, 3.05) is 4.72 Å². The van der Waals surface area contributed by atoms with Gasteiger partial charge in [0.15, 0.2) is 16.5 Å². The summed E-state index contributed by atoms with van der Waals surface area (Å²) in [5, 5.41) is 0. The molecule has 0 aliphatic carbocycles. The molecule has 2 aromatic carbocycles. The van der Waals surface area contributed by atoms with E-state index in [2.05, 4.69) is 31.9 Å². The lowest BCUT2D eigenvalue weighted by Gasteiger charge is -2.12. The summed E-state index contributed by atoms with van der Waals surface area (Å²) >= 11 is 5.83. The minimum atomic E-state index is -4.73. The van der Waals surface area contributed by atoms with Crippen LogP contribution in [0.25, 0.3) is 0 Å². The highest BCUT2D eigenvalue weighted by Gasteiger charge is 2.26. The highest BCUT2D eigenvalue weighted by molar-refractivity contribution is 9.25. The van der Waals surface area contributed by atoms with Gasteiger partial charge in [-0.1, -0.05) is 44.0 Å². The summed E-state index contributed by atoms with van der Waals surface area (Å²) in [4.78, 5) is 10.6. The van der Waals surface area contributed by atoms with Crippen molar-refractivity contribution in [3.8, 4) is 0 Å². The van der Waals surface area contributed by atoms with E-state index >= 15 is 0 Å². The van der Waals surface area contributed by atoms with Crippen molar-refractivity contribution >= 4 is 53.4 Å². The predicted molar refractivity (Wildman–Crippen MR) is 89.5 cm³/mol. The fraction of sp³-hybridized carbons (Fsp3) is 0.0714. The highest BCUT2D eigenvalue weighted by Crippen LogP contribution is 2.26. The number of Topliss-reactive ketones (excluding diaryl/α,β-unsaturated/α-hetero) is 1. The lowest BCUT2D eigenvalue weighted by molar-refractivity contribution is 0.101. The molecule has 24 heavy (non-hydrogen) atoms. The smallest absolute Gasteiger partial charge is 0.267 e. The Bertz CT molecular complexity index is 884. The third-order valence-corrected chi connectivity index (χ3v) is 5.14. The number of alkyl halides is 2. The predicted octanol–water partition coefficient (Wildman–Crippen LogP) is 4.20. The van der Waals surface area contributed by atoms with Crippen LogP contribution in [0.1, 0.15) is 10.4 Å². The summed E-state index contributed by atoms with van der Waals surface area (Å²) < 4.78 is 66.8. The molecule has 4 nitrogen and oxygen atoms in total. The van der Waals surface area contributed by atoms with Gasteiger partial charge >= 0.3 is 0 Å². The molecule has 10 heteroatoms. The lowest BCUT2D eigenvalue weighted by Crippen LogP contribution is -2.18. The molecule has 0 spiro atoms. The van der Waals surface area contributed by atoms with Crippen LogP contribution in [-0.2, 0) is 10.0 Å². The van der Waals surface area contributed by atoms with E-state index in [0.29, 0.717) is 0 Å². The van der Waals surface area contributed by atoms with Crippen LogP contribution >= 0.6 is 31.9 Å². The van der Waals surface area contributed by atoms with Crippen molar-refractivity contribution in [1.29, 1.82) is 0 Å². The van der Waals surface area contributed by atoms with Crippen molar-refractivity contribution in [3.05, 3.63) is 59.4 Å². The SMILES string of the molecule is O=C(c1cccc(NS(=O)(=O)c2c(F)cccc2F)c1F)C(Br)Br. The molecular formula is C14H8Br2F3NO3S. The zero-order chi connectivity index (χ0) is 18.1. The summed E-state index contributed by atoms with van der Waals surface area (Å²) in [6.45, 7) is 0. The van der Waals surface area contributed by atoms with E-state index in [4.69, 9.17) is 0 Å². The summed E-state index contributed by atoms with van der Waals surface area (Å²) in [5.41, 5.74) is -1.01. The number of carbonyl (C=O) groups is 1. The fourth-order valence-electron chi connectivity index (χ4n) is 1.85. The van der Waals surface area contributed by atoms with Gasteiger partial charge in [0.05, 0.1) is 11.3 Å². The molecule has 0 amide bonds. The third-order valence-electron chi connectivity index (χ3n) is 2.89. The molecule has 2 rings (SSSR count). The van der Waals surface area contributed by atoms with Gasteiger partial charge in [0.25, 0.3) is 10.0 Å². The number of hydrogen-bond acceptors (Lipinski definition) is 3. The summed E-state index contributed by atoms with van der Waals surface area (Å²) in [6.07, 6.45) is 0. The van der Waals surface area contributed by atoms with Crippen LogP contribution in [0, 0.1) is 17.5 Å². The molecule has 0 atom stereocenters. The third kappa shape index (κ3) is 3.81. The number of sulfonamides is 1. The van der Waals surface area contributed by atoms with Gasteiger partial charge in [0.1, 0.15) is 15.4 Å². The first-order valence-corrected chi connectivity index (χ1v) is 9.54. The van der Waals surface area contributed by atoms with Crippen LogP contribution in [-0.4, -0.2) is 17.9 Å². The largest absolute Gasteiger partial charge is 0.292 e. The van der Waals surface area contributed by atoms with Gasteiger partial charge < -0.3 is 0 Å². The molecule has 0 saturated heterocycles. The van der Waals surface area contributed by atoms with Gasteiger partial charge in [0.2, 0.25) is 0 Å². The van der Waals surface area contributed by atoms with Crippen molar-refractivity contribution in [3.63, 3.8) is 0 Å². The van der Waals surface area contributed by atoms with Gasteiger partial charge in [-0.25, -0.2) is 21.6 Å². The van der Waals surface area contributed by atoms with E-state index < -0.39 is 53.1 Å². The monoisotopic (exact) mass is 485 g/mol.